The normalized spacial score (nSPS) is 14.1. The molecular formula is C38H27N3O. The summed E-state index contributed by atoms with van der Waals surface area (Å²) in [5.74, 6) is 0.743. The van der Waals surface area contributed by atoms with Gasteiger partial charge in [0, 0.05) is 43.8 Å². The summed E-state index contributed by atoms with van der Waals surface area (Å²) >= 11 is 0. The van der Waals surface area contributed by atoms with Gasteiger partial charge in [0.05, 0.1) is 16.6 Å². The van der Waals surface area contributed by atoms with E-state index in [1.54, 1.807) is 0 Å². The molecule has 0 amide bonds. The van der Waals surface area contributed by atoms with E-state index in [0.29, 0.717) is 0 Å². The third kappa shape index (κ3) is 3.48. The molecule has 9 rings (SSSR count). The zero-order valence-corrected chi connectivity index (χ0v) is 23.0. The Morgan fingerprint density at radius 1 is 0.690 bits per heavy atom. The molecule has 4 aromatic carbocycles. The van der Waals surface area contributed by atoms with E-state index in [4.69, 9.17) is 14.4 Å². The molecule has 3 heterocycles. The number of hydrogen-bond acceptors (Lipinski definition) is 3. The predicted molar refractivity (Wildman–Crippen MR) is 172 cm³/mol. The molecule has 0 aliphatic heterocycles. The van der Waals surface area contributed by atoms with Gasteiger partial charge in [0.2, 0.25) is 5.95 Å². The van der Waals surface area contributed by atoms with Crippen molar-refractivity contribution in [3.63, 3.8) is 0 Å². The fourth-order valence-corrected chi connectivity index (χ4v) is 6.79. The lowest BCUT2D eigenvalue weighted by atomic mass is 9.98. The number of fused-ring (bicyclic) bond motifs is 7. The van der Waals surface area contributed by atoms with E-state index >= 15 is 0 Å². The molecule has 0 radical (unpaired) electrons. The van der Waals surface area contributed by atoms with Crippen LogP contribution in [0.25, 0.3) is 79.4 Å². The van der Waals surface area contributed by atoms with Gasteiger partial charge >= 0.3 is 0 Å². The van der Waals surface area contributed by atoms with Gasteiger partial charge in [0.1, 0.15) is 11.2 Å². The number of hydrogen-bond donors (Lipinski definition) is 0. The van der Waals surface area contributed by atoms with Crippen molar-refractivity contribution in [1.82, 2.24) is 14.5 Å². The SMILES string of the molecule is C1=Cc2c(n(-c3nc(-c4ccccc4)c4c(n3)=CCCC=4)c3ccc(-c4cccc5c4oc4ccccc45)cc23)CC1. The average Bonchev–Trinajstić information content (AvgIpc) is 3.60. The van der Waals surface area contributed by atoms with Gasteiger partial charge in [0.15, 0.2) is 0 Å². The van der Waals surface area contributed by atoms with E-state index in [1.807, 2.05) is 12.1 Å². The van der Waals surface area contributed by atoms with Gasteiger partial charge < -0.3 is 4.42 Å². The Labute approximate surface area is 242 Å². The van der Waals surface area contributed by atoms with Crippen molar-refractivity contribution in [2.24, 2.45) is 0 Å². The largest absolute Gasteiger partial charge is 0.455 e. The van der Waals surface area contributed by atoms with Crippen LogP contribution < -0.4 is 10.6 Å². The molecule has 2 aliphatic carbocycles. The fraction of sp³-hybridized carbons (Fsp3) is 0.105. The van der Waals surface area contributed by atoms with Crippen LogP contribution in [0.3, 0.4) is 0 Å². The first-order chi connectivity index (χ1) is 20.8. The number of nitrogens with zero attached hydrogens (tertiary/aromatic N) is 3. The quantitative estimate of drug-likeness (QED) is 0.228. The molecule has 0 saturated heterocycles. The zero-order valence-electron chi connectivity index (χ0n) is 23.0. The molecule has 200 valence electrons. The lowest BCUT2D eigenvalue weighted by molar-refractivity contribution is 0.670. The van der Waals surface area contributed by atoms with Gasteiger partial charge in [-0.05, 0) is 49.4 Å². The van der Waals surface area contributed by atoms with Crippen LogP contribution in [0.4, 0.5) is 0 Å². The van der Waals surface area contributed by atoms with Crippen molar-refractivity contribution in [1.29, 1.82) is 0 Å². The molecule has 3 aromatic heterocycles. The Morgan fingerprint density at radius 2 is 1.55 bits per heavy atom. The molecule has 2 aliphatic rings. The first kappa shape index (κ1) is 23.5. The molecule has 0 atom stereocenters. The van der Waals surface area contributed by atoms with E-state index in [-0.39, 0.29) is 0 Å². The third-order valence-electron chi connectivity index (χ3n) is 8.72. The van der Waals surface area contributed by atoms with Crippen molar-refractivity contribution in [2.75, 3.05) is 0 Å². The van der Waals surface area contributed by atoms with Crippen LogP contribution in [0, 0.1) is 0 Å². The van der Waals surface area contributed by atoms with Gasteiger partial charge in [-0.2, -0.15) is 0 Å². The van der Waals surface area contributed by atoms with Crippen molar-refractivity contribution in [3.8, 4) is 28.3 Å². The molecule has 4 heteroatoms. The van der Waals surface area contributed by atoms with Gasteiger partial charge in [0.25, 0.3) is 0 Å². The Bertz CT molecular complexity index is 2360. The number of benzene rings is 4. The molecule has 0 fully saturated rings. The van der Waals surface area contributed by atoms with E-state index in [0.717, 1.165) is 92.0 Å². The highest BCUT2D eigenvalue weighted by Gasteiger charge is 2.22. The topological polar surface area (TPSA) is 43.9 Å². The standard InChI is InChI=1S/C38H27N3O/c1-2-11-24(12-3-1)36-30-15-4-7-18-32(30)39-38(40-36)41-33-19-8-5-13-27(33)31-23-25(21-22-34(31)41)26-16-10-17-29-28-14-6-9-20-35(28)42-37(26)29/h1-3,5-6,9-18,20-23H,4,7-8,19H2. The fourth-order valence-electron chi connectivity index (χ4n) is 6.79. The van der Waals surface area contributed by atoms with E-state index in [2.05, 4.69) is 108 Å². The minimum Gasteiger partial charge on any atom is -0.455 e. The van der Waals surface area contributed by atoms with Crippen LogP contribution in [0.15, 0.2) is 101 Å². The van der Waals surface area contributed by atoms with Crippen molar-refractivity contribution >= 4 is 51.1 Å². The zero-order chi connectivity index (χ0) is 27.6. The predicted octanol–water partition coefficient (Wildman–Crippen LogP) is 7.97. The second kappa shape index (κ2) is 9.15. The summed E-state index contributed by atoms with van der Waals surface area (Å²) in [6, 6.07) is 32.0. The third-order valence-corrected chi connectivity index (χ3v) is 8.72. The monoisotopic (exact) mass is 541 g/mol. The van der Waals surface area contributed by atoms with Gasteiger partial charge in [-0.1, -0.05) is 97.1 Å². The second-order valence-corrected chi connectivity index (χ2v) is 11.2. The van der Waals surface area contributed by atoms with Crippen molar-refractivity contribution in [3.05, 3.63) is 119 Å². The average molecular weight is 542 g/mol. The van der Waals surface area contributed by atoms with Crippen LogP contribution in [0.5, 0.6) is 0 Å². The second-order valence-electron chi connectivity index (χ2n) is 11.2. The maximum Gasteiger partial charge on any atom is 0.235 e. The van der Waals surface area contributed by atoms with Crippen LogP contribution in [0.1, 0.15) is 30.5 Å². The minimum absolute atomic E-state index is 0.743. The summed E-state index contributed by atoms with van der Waals surface area (Å²) < 4.78 is 8.70. The first-order valence-electron chi connectivity index (χ1n) is 14.7. The Morgan fingerprint density at radius 3 is 2.50 bits per heavy atom. The molecule has 0 N–H and O–H groups in total. The molecule has 0 spiro atoms. The van der Waals surface area contributed by atoms with E-state index < -0.39 is 0 Å². The van der Waals surface area contributed by atoms with Crippen LogP contribution in [-0.2, 0) is 6.42 Å². The van der Waals surface area contributed by atoms with Crippen LogP contribution >= 0.6 is 0 Å². The summed E-state index contributed by atoms with van der Waals surface area (Å²) in [7, 11) is 0. The summed E-state index contributed by atoms with van der Waals surface area (Å²) in [6.07, 6.45) is 13.1. The summed E-state index contributed by atoms with van der Waals surface area (Å²) in [6.45, 7) is 0. The maximum absolute atomic E-state index is 6.40. The number of furan rings is 1. The first-order valence-corrected chi connectivity index (χ1v) is 14.7. The van der Waals surface area contributed by atoms with Crippen LogP contribution in [-0.4, -0.2) is 14.5 Å². The molecule has 7 aromatic rings. The number of para-hydroxylation sites is 2. The highest BCUT2D eigenvalue weighted by molar-refractivity contribution is 6.10. The number of aromatic nitrogens is 3. The summed E-state index contributed by atoms with van der Waals surface area (Å²) in [5, 5.41) is 5.67. The minimum atomic E-state index is 0.743. The van der Waals surface area contributed by atoms with Gasteiger partial charge in [-0.15, -0.1) is 0 Å². The molecule has 42 heavy (non-hydrogen) atoms. The number of rotatable bonds is 3. The molecule has 4 nitrogen and oxygen atoms in total. The Hall–Kier alpha value is -5.22. The highest BCUT2D eigenvalue weighted by atomic mass is 16.3. The Balaban J connectivity index is 1.30. The summed E-state index contributed by atoms with van der Waals surface area (Å²) in [4.78, 5) is 10.4. The molecular weight excluding hydrogens is 514 g/mol. The van der Waals surface area contributed by atoms with Crippen molar-refractivity contribution in [2.45, 2.75) is 25.7 Å². The van der Waals surface area contributed by atoms with E-state index in [1.165, 1.54) is 16.6 Å². The molecule has 0 bridgehead atoms. The van der Waals surface area contributed by atoms with Gasteiger partial charge in [-0.3, -0.25) is 4.57 Å². The lowest BCUT2D eigenvalue weighted by Gasteiger charge is -2.14. The maximum atomic E-state index is 6.40. The summed E-state index contributed by atoms with van der Waals surface area (Å²) in [5.41, 5.74) is 9.87. The smallest absolute Gasteiger partial charge is 0.235 e. The van der Waals surface area contributed by atoms with Crippen molar-refractivity contribution < 1.29 is 4.42 Å². The highest BCUT2D eigenvalue weighted by Crippen LogP contribution is 2.39. The molecule has 0 unspecified atom stereocenters. The lowest BCUT2D eigenvalue weighted by Crippen LogP contribution is -2.34. The van der Waals surface area contributed by atoms with Crippen LogP contribution in [0.2, 0.25) is 0 Å². The molecule has 0 saturated carbocycles. The van der Waals surface area contributed by atoms with E-state index in [9.17, 15) is 0 Å². The number of allylic oxidation sites excluding steroid dienone is 1. The Kier molecular flexibility index (Phi) is 5.12. The van der Waals surface area contributed by atoms with Gasteiger partial charge in [-0.25, -0.2) is 9.97 Å².